The average Bonchev–Trinajstić information content (AvgIpc) is 2.97. The second-order valence-electron chi connectivity index (χ2n) is 3.88. The van der Waals surface area contributed by atoms with Crippen LogP contribution in [0.5, 0.6) is 0 Å². The number of nitrogens with one attached hydrogen (secondary N) is 1. The van der Waals surface area contributed by atoms with Gasteiger partial charge in [0.2, 0.25) is 11.9 Å². The molecule has 21 heavy (non-hydrogen) atoms. The van der Waals surface area contributed by atoms with E-state index >= 15 is 0 Å². The molecule has 8 nitrogen and oxygen atoms in total. The van der Waals surface area contributed by atoms with Crippen molar-refractivity contribution < 1.29 is 0 Å². The van der Waals surface area contributed by atoms with Gasteiger partial charge in [-0.1, -0.05) is 6.07 Å². The molecular formula is C11H8Br2N8. The highest BCUT2D eigenvalue weighted by Crippen LogP contribution is 2.32. The number of halogens is 2. The lowest BCUT2D eigenvalue weighted by Crippen LogP contribution is -2.09. The number of nitrogens with two attached hydrogens (primary N) is 1. The molecule has 0 radical (unpaired) electrons. The van der Waals surface area contributed by atoms with E-state index in [4.69, 9.17) is 5.73 Å². The molecule has 0 amide bonds. The van der Waals surface area contributed by atoms with Gasteiger partial charge >= 0.3 is 0 Å². The summed E-state index contributed by atoms with van der Waals surface area (Å²) in [5, 5.41) is 7.05. The second kappa shape index (κ2) is 5.74. The van der Waals surface area contributed by atoms with Crippen LogP contribution in [-0.4, -0.2) is 29.7 Å². The fourth-order valence-corrected chi connectivity index (χ4v) is 2.78. The minimum atomic E-state index is 0.0844. The largest absolute Gasteiger partial charge is 0.368 e. The molecular weight excluding hydrogens is 404 g/mol. The van der Waals surface area contributed by atoms with Gasteiger partial charge in [0.25, 0.3) is 5.95 Å². The molecule has 0 bridgehead atoms. The van der Waals surface area contributed by atoms with E-state index in [0.717, 1.165) is 14.6 Å². The maximum absolute atomic E-state index is 5.71. The predicted molar refractivity (Wildman–Crippen MR) is 84.3 cm³/mol. The Hall–Kier alpha value is -2.07. The van der Waals surface area contributed by atoms with Crippen LogP contribution < -0.4 is 11.1 Å². The van der Waals surface area contributed by atoms with Crippen LogP contribution >= 0.6 is 31.9 Å². The van der Waals surface area contributed by atoms with Crippen LogP contribution in [0.3, 0.4) is 0 Å². The number of hydrogen-bond donors (Lipinski definition) is 2. The van der Waals surface area contributed by atoms with Crippen LogP contribution in [0.15, 0.2) is 39.8 Å². The number of aromatic nitrogens is 6. The molecule has 0 fully saturated rings. The summed E-state index contributed by atoms with van der Waals surface area (Å²) in [5.41, 5.74) is 6.49. The van der Waals surface area contributed by atoms with Gasteiger partial charge in [-0.3, -0.25) is 0 Å². The first kappa shape index (κ1) is 13.9. The molecule has 0 aliphatic heterocycles. The molecule has 3 N–H and O–H groups in total. The van der Waals surface area contributed by atoms with E-state index in [9.17, 15) is 0 Å². The highest BCUT2D eigenvalue weighted by Gasteiger charge is 2.10. The van der Waals surface area contributed by atoms with Gasteiger partial charge in [0.15, 0.2) is 0 Å². The summed E-state index contributed by atoms with van der Waals surface area (Å²) in [6, 6.07) is 5.70. The van der Waals surface area contributed by atoms with Crippen LogP contribution in [0.4, 0.5) is 17.6 Å². The molecule has 106 valence electrons. The Morgan fingerprint density at radius 1 is 1.10 bits per heavy atom. The molecule has 10 heteroatoms. The standard InChI is InChI=1S/C11H8Br2N8/c12-6-2-1-3-7(13)8(6)17-10-18-9(14)19-11(20-10)21-5-15-4-16-21/h1-5H,(H3,14,17,18,19,20). The normalized spacial score (nSPS) is 10.6. The van der Waals surface area contributed by atoms with E-state index in [0.29, 0.717) is 5.95 Å². The molecule has 0 saturated heterocycles. The van der Waals surface area contributed by atoms with Gasteiger partial charge in [-0.25, -0.2) is 4.98 Å². The topological polar surface area (TPSA) is 107 Å². The van der Waals surface area contributed by atoms with Crippen molar-refractivity contribution in [2.75, 3.05) is 11.1 Å². The first-order valence-corrected chi connectivity index (χ1v) is 7.29. The lowest BCUT2D eigenvalue weighted by Gasteiger charge is -2.10. The third-order valence-electron chi connectivity index (χ3n) is 2.46. The summed E-state index contributed by atoms with van der Waals surface area (Å²) in [6.45, 7) is 0. The van der Waals surface area contributed by atoms with Crippen molar-refractivity contribution >= 4 is 49.4 Å². The summed E-state index contributed by atoms with van der Waals surface area (Å²) in [5.74, 6) is 0.674. The Morgan fingerprint density at radius 2 is 1.86 bits per heavy atom. The van der Waals surface area contributed by atoms with E-state index in [1.807, 2.05) is 18.2 Å². The van der Waals surface area contributed by atoms with Gasteiger partial charge in [-0.15, -0.1) is 0 Å². The second-order valence-corrected chi connectivity index (χ2v) is 5.59. The minimum absolute atomic E-state index is 0.0844. The van der Waals surface area contributed by atoms with Crippen LogP contribution in [0.1, 0.15) is 0 Å². The highest BCUT2D eigenvalue weighted by atomic mass is 79.9. The molecule has 2 heterocycles. The first-order chi connectivity index (χ1) is 10.1. The van der Waals surface area contributed by atoms with Gasteiger partial charge in [0.1, 0.15) is 12.7 Å². The molecule has 1 aromatic carbocycles. The quantitative estimate of drug-likeness (QED) is 0.680. The van der Waals surface area contributed by atoms with Crippen molar-refractivity contribution in [1.29, 1.82) is 0 Å². The van der Waals surface area contributed by atoms with Crippen LogP contribution in [0, 0.1) is 0 Å². The molecule has 0 saturated carbocycles. The number of rotatable bonds is 3. The Labute approximate surface area is 136 Å². The van der Waals surface area contributed by atoms with Crippen LogP contribution in [-0.2, 0) is 0 Å². The predicted octanol–water partition coefficient (Wildman–Crippen LogP) is 2.30. The fraction of sp³-hybridized carbons (Fsp3) is 0. The van der Waals surface area contributed by atoms with Gasteiger partial charge in [-0.2, -0.15) is 24.7 Å². The third-order valence-corrected chi connectivity index (χ3v) is 3.79. The van der Waals surface area contributed by atoms with Gasteiger partial charge < -0.3 is 11.1 Å². The van der Waals surface area contributed by atoms with Crippen molar-refractivity contribution in [3.05, 3.63) is 39.8 Å². The number of hydrogen-bond acceptors (Lipinski definition) is 7. The van der Waals surface area contributed by atoms with Gasteiger partial charge in [0.05, 0.1) is 5.69 Å². The van der Waals surface area contributed by atoms with Crippen molar-refractivity contribution in [2.24, 2.45) is 0 Å². The molecule has 0 unspecified atom stereocenters. The first-order valence-electron chi connectivity index (χ1n) is 5.71. The Bertz CT molecular complexity index is 754. The molecule has 0 aliphatic carbocycles. The van der Waals surface area contributed by atoms with E-state index in [-0.39, 0.29) is 11.9 Å². The van der Waals surface area contributed by atoms with Crippen molar-refractivity contribution in [2.45, 2.75) is 0 Å². The molecule has 3 aromatic rings. The smallest absolute Gasteiger partial charge is 0.258 e. The Kier molecular flexibility index (Phi) is 3.80. The summed E-state index contributed by atoms with van der Waals surface area (Å²) in [4.78, 5) is 16.2. The fourth-order valence-electron chi connectivity index (χ4n) is 1.58. The molecule has 0 atom stereocenters. The molecule has 2 aromatic heterocycles. The lowest BCUT2D eigenvalue weighted by atomic mass is 10.3. The Balaban J connectivity index is 2.00. The number of nitrogens with zero attached hydrogens (tertiary/aromatic N) is 6. The number of anilines is 3. The summed E-state index contributed by atoms with van der Waals surface area (Å²) in [6.07, 6.45) is 2.87. The zero-order chi connectivity index (χ0) is 14.8. The van der Waals surface area contributed by atoms with E-state index < -0.39 is 0 Å². The maximum atomic E-state index is 5.71. The number of nitrogen functional groups attached to an aromatic ring is 1. The SMILES string of the molecule is Nc1nc(Nc2c(Br)cccc2Br)nc(-n2cncn2)n1. The van der Waals surface area contributed by atoms with E-state index in [1.165, 1.54) is 17.3 Å². The average molecular weight is 412 g/mol. The summed E-state index contributed by atoms with van der Waals surface area (Å²) < 4.78 is 3.12. The highest BCUT2D eigenvalue weighted by molar-refractivity contribution is 9.11. The summed E-state index contributed by atoms with van der Waals surface area (Å²) >= 11 is 6.92. The van der Waals surface area contributed by atoms with Gasteiger partial charge in [-0.05, 0) is 44.0 Å². The molecule has 0 aliphatic rings. The van der Waals surface area contributed by atoms with E-state index in [1.54, 1.807) is 0 Å². The molecule has 3 rings (SSSR count). The van der Waals surface area contributed by atoms with Crippen LogP contribution in [0.25, 0.3) is 5.95 Å². The molecule has 0 spiro atoms. The zero-order valence-corrected chi connectivity index (χ0v) is 13.6. The van der Waals surface area contributed by atoms with Gasteiger partial charge in [0, 0.05) is 8.95 Å². The Morgan fingerprint density at radius 3 is 2.52 bits per heavy atom. The monoisotopic (exact) mass is 410 g/mol. The minimum Gasteiger partial charge on any atom is -0.368 e. The lowest BCUT2D eigenvalue weighted by molar-refractivity contribution is 0.800. The zero-order valence-electron chi connectivity index (χ0n) is 10.4. The number of benzene rings is 1. The summed E-state index contributed by atoms with van der Waals surface area (Å²) in [7, 11) is 0. The van der Waals surface area contributed by atoms with Crippen molar-refractivity contribution in [1.82, 2.24) is 29.7 Å². The number of para-hydroxylation sites is 1. The van der Waals surface area contributed by atoms with Crippen molar-refractivity contribution in [3.8, 4) is 5.95 Å². The maximum Gasteiger partial charge on any atom is 0.258 e. The van der Waals surface area contributed by atoms with Crippen molar-refractivity contribution in [3.63, 3.8) is 0 Å². The third kappa shape index (κ3) is 3.00. The van der Waals surface area contributed by atoms with E-state index in [2.05, 4.69) is 62.2 Å². The van der Waals surface area contributed by atoms with Crippen LogP contribution in [0.2, 0.25) is 0 Å².